The molecule has 0 aromatic heterocycles. The van der Waals surface area contributed by atoms with Crippen LogP contribution in [0.2, 0.25) is 0 Å². The quantitative estimate of drug-likeness (QED) is 0.442. The molecule has 126 valence electrons. The molecule has 0 aliphatic carbocycles. The van der Waals surface area contributed by atoms with Crippen LogP contribution in [0.15, 0.2) is 35.8 Å². The van der Waals surface area contributed by atoms with Crippen LogP contribution in [0.5, 0.6) is 0 Å². The molecular weight excluding hydrogens is 327 g/mol. The molecule has 1 aliphatic rings. The fourth-order valence-corrected chi connectivity index (χ4v) is 2.42. The zero-order valence-corrected chi connectivity index (χ0v) is 13.6. The summed E-state index contributed by atoms with van der Waals surface area (Å²) in [6.07, 6.45) is -1.80. The first-order valence-electron chi connectivity index (χ1n) is 6.97. The Morgan fingerprint density at radius 2 is 2.17 bits per heavy atom. The van der Waals surface area contributed by atoms with E-state index in [1.807, 2.05) is 5.32 Å². The number of alkyl halides is 1. The zero-order valence-electron chi connectivity index (χ0n) is 12.9. The second-order valence-electron chi connectivity index (χ2n) is 5.46. The van der Waals surface area contributed by atoms with E-state index in [2.05, 4.69) is 0 Å². The van der Waals surface area contributed by atoms with Crippen molar-refractivity contribution in [3.63, 3.8) is 0 Å². The Balaban J connectivity index is 2.40. The molecule has 0 amide bonds. The Kier molecular flexibility index (Phi) is 4.84. The summed E-state index contributed by atoms with van der Waals surface area (Å²) in [6, 6.07) is 5.96. The number of carbonyl (C=O) groups is 1. The summed E-state index contributed by atoms with van der Waals surface area (Å²) in [5, 5.41) is 20.0. The van der Waals surface area contributed by atoms with Crippen molar-refractivity contribution in [1.82, 2.24) is 5.32 Å². The van der Waals surface area contributed by atoms with Crippen LogP contribution in [-0.2, 0) is 4.74 Å². The monoisotopic (exact) mass is 344 g/mol. The maximum Gasteiger partial charge on any atom is 0.338 e. The van der Waals surface area contributed by atoms with Gasteiger partial charge in [-0.2, -0.15) is 4.39 Å². The number of hydrogen-bond acceptors (Lipinski definition) is 6. The number of anilines is 1. The predicted molar refractivity (Wildman–Crippen MR) is 83.2 cm³/mol. The number of aliphatic hydroxyl groups is 2. The molecule has 0 saturated heterocycles. The van der Waals surface area contributed by atoms with E-state index in [1.54, 1.807) is 13.8 Å². The van der Waals surface area contributed by atoms with Gasteiger partial charge in [0.25, 0.3) is 0 Å². The molecule has 1 aromatic rings. The molecule has 23 heavy (non-hydrogen) atoms. The molecule has 0 radical (unpaired) electrons. The predicted octanol–water partition coefficient (Wildman–Crippen LogP) is 2.02. The molecule has 6 nitrogen and oxygen atoms in total. The van der Waals surface area contributed by atoms with Gasteiger partial charge in [-0.25, -0.2) is 4.79 Å². The van der Waals surface area contributed by atoms with Crippen molar-refractivity contribution in [2.45, 2.75) is 38.4 Å². The third-order valence-corrected chi connectivity index (χ3v) is 3.55. The number of nitrogens with one attached hydrogen (secondary N) is 1. The second-order valence-corrected chi connectivity index (χ2v) is 5.98. The van der Waals surface area contributed by atoms with E-state index in [9.17, 15) is 19.4 Å². The number of ether oxygens (including phenoxy) is 1. The first kappa shape index (κ1) is 17.5. The fraction of sp³-hybridized carbons (Fsp3) is 0.400. The van der Waals surface area contributed by atoms with E-state index in [4.69, 9.17) is 16.3 Å². The summed E-state index contributed by atoms with van der Waals surface area (Å²) in [7, 11) is 0. The van der Waals surface area contributed by atoms with Crippen LogP contribution < -0.4 is 10.2 Å². The van der Waals surface area contributed by atoms with Crippen LogP contribution in [0.25, 0.3) is 0 Å². The van der Waals surface area contributed by atoms with Gasteiger partial charge in [-0.1, -0.05) is 6.07 Å². The van der Waals surface area contributed by atoms with Crippen molar-refractivity contribution in [1.29, 1.82) is 0 Å². The molecule has 1 heterocycles. The van der Waals surface area contributed by atoms with Crippen LogP contribution in [-0.4, -0.2) is 33.8 Å². The largest absolute Gasteiger partial charge is 0.459 e. The molecule has 0 bridgehead atoms. The van der Waals surface area contributed by atoms with Gasteiger partial charge in [0.1, 0.15) is 0 Å². The van der Waals surface area contributed by atoms with Crippen molar-refractivity contribution in [3.05, 3.63) is 41.4 Å². The first-order chi connectivity index (χ1) is 10.6. The van der Waals surface area contributed by atoms with Gasteiger partial charge < -0.3 is 20.3 Å². The number of nitrogens with zero attached hydrogens (tertiary/aromatic N) is 1. The minimum Gasteiger partial charge on any atom is -0.459 e. The van der Waals surface area contributed by atoms with Crippen molar-refractivity contribution >= 4 is 23.3 Å². The lowest BCUT2D eigenvalue weighted by molar-refractivity contribution is 0.0297. The Labute approximate surface area is 138 Å². The van der Waals surface area contributed by atoms with Gasteiger partial charge in [-0.15, -0.1) is 0 Å². The van der Waals surface area contributed by atoms with Crippen LogP contribution in [0.4, 0.5) is 10.1 Å². The molecule has 2 unspecified atom stereocenters. The topological polar surface area (TPSA) is 82.0 Å². The average Bonchev–Trinajstić information content (AvgIpc) is 2.44. The van der Waals surface area contributed by atoms with Gasteiger partial charge in [-0.3, -0.25) is 4.90 Å². The lowest BCUT2D eigenvalue weighted by Crippen LogP contribution is -2.62. The molecule has 0 spiro atoms. The number of esters is 1. The SMILES string of the molecule is CC1=C(F)NC(O)(Cl)N(c2cccc(C(=O)OC(C)C)c2)C1O. The lowest BCUT2D eigenvalue weighted by Gasteiger charge is -2.43. The highest BCUT2D eigenvalue weighted by atomic mass is 35.5. The first-order valence-corrected chi connectivity index (χ1v) is 7.35. The second kappa shape index (κ2) is 6.35. The van der Waals surface area contributed by atoms with E-state index in [-0.39, 0.29) is 22.9 Å². The van der Waals surface area contributed by atoms with E-state index in [1.165, 1.54) is 31.2 Å². The van der Waals surface area contributed by atoms with Crippen molar-refractivity contribution in [2.75, 3.05) is 4.90 Å². The van der Waals surface area contributed by atoms with Gasteiger partial charge >= 0.3 is 11.3 Å². The highest BCUT2D eigenvalue weighted by Crippen LogP contribution is 2.34. The molecule has 0 saturated carbocycles. The molecule has 2 atom stereocenters. The smallest absolute Gasteiger partial charge is 0.338 e. The van der Waals surface area contributed by atoms with Gasteiger partial charge in [0.2, 0.25) is 0 Å². The summed E-state index contributed by atoms with van der Waals surface area (Å²) in [4.78, 5) is 12.9. The maximum absolute atomic E-state index is 13.6. The number of carbonyl (C=O) groups excluding carboxylic acids is 1. The Bertz CT molecular complexity index is 648. The number of aliphatic hydroxyl groups excluding tert-OH is 1. The maximum atomic E-state index is 13.6. The van der Waals surface area contributed by atoms with E-state index >= 15 is 0 Å². The molecule has 2 rings (SSSR count). The molecule has 0 fully saturated rings. The van der Waals surface area contributed by atoms with Gasteiger partial charge in [-0.05, 0) is 50.6 Å². The molecule has 1 aromatic carbocycles. The summed E-state index contributed by atoms with van der Waals surface area (Å²) in [6.45, 7) is 4.78. The Hall–Kier alpha value is -1.83. The summed E-state index contributed by atoms with van der Waals surface area (Å²) < 4.78 is 18.7. The normalized spacial score (nSPS) is 24.7. The standard InChI is InChI=1S/C15H18ClFN2O4/c1-8(2)23-14(21)10-5-4-6-11(7-10)19-13(20)9(3)12(17)18-15(19,16)22/h4-8,13,18,20,22H,1-3H3. The van der Waals surface area contributed by atoms with Crippen LogP contribution >= 0.6 is 11.6 Å². The number of halogens is 2. The van der Waals surface area contributed by atoms with Crippen molar-refractivity contribution in [2.24, 2.45) is 0 Å². The highest BCUT2D eigenvalue weighted by molar-refractivity contribution is 6.24. The number of hydrogen-bond donors (Lipinski definition) is 3. The van der Waals surface area contributed by atoms with Gasteiger partial charge in [0.05, 0.1) is 11.7 Å². The minimum absolute atomic E-state index is 0.0505. The Morgan fingerprint density at radius 1 is 1.52 bits per heavy atom. The summed E-state index contributed by atoms with van der Waals surface area (Å²) >= 11 is 5.86. The average molecular weight is 345 g/mol. The third-order valence-electron chi connectivity index (χ3n) is 3.27. The van der Waals surface area contributed by atoms with Crippen LogP contribution in [0.1, 0.15) is 31.1 Å². The zero-order chi connectivity index (χ0) is 17.4. The molecule has 1 aliphatic heterocycles. The van der Waals surface area contributed by atoms with Crippen molar-refractivity contribution in [3.8, 4) is 0 Å². The summed E-state index contributed by atoms with van der Waals surface area (Å²) in [5.74, 6) is -1.47. The third kappa shape index (κ3) is 3.57. The van der Waals surface area contributed by atoms with Gasteiger partial charge in [0, 0.05) is 11.3 Å². The lowest BCUT2D eigenvalue weighted by atomic mass is 10.1. The number of benzene rings is 1. The van der Waals surface area contributed by atoms with Crippen molar-refractivity contribution < 1.29 is 24.1 Å². The van der Waals surface area contributed by atoms with E-state index in [0.29, 0.717) is 0 Å². The highest BCUT2D eigenvalue weighted by Gasteiger charge is 2.43. The molecule has 3 N–H and O–H groups in total. The summed E-state index contributed by atoms with van der Waals surface area (Å²) in [5.41, 5.74) is 0.376. The van der Waals surface area contributed by atoms with Crippen LogP contribution in [0.3, 0.4) is 0 Å². The molecular formula is C15H18ClFN2O4. The minimum atomic E-state index is -2.39. The Morgan fingerprint density at radius 3 is 2.78 bits per heavy atom. The van der Waals surface area contributed by atoms with E-state index in [0.717, 1.165) is 4.90 Å². The van der Waals surface area contributed by atoms with E-state index < -0.39 is 23.5 Å². The van der Waals surface area contributed by atoms with Crippen LogP contribution in [0, 0.1) is 0 Å². The fourth-order valence-electron chi connectivity index (χ4n) is 2.14. The molecule has 8 heteroatoms. The van der Waals surface area contributed by atoms with Gasteiger partial charge in [0.15, 0.2) is 12.2 Å². The number of rotatable bonds is 3.